The first-order valence-corrected chi connectivity index (χ1v) is 7.62. The molecule has 106 valence electrons. The maximum absolute atomic E-state index is 13.6. The number of aliphatic hydroxyl groups is 1. The van der Waals surface area contributed by atoms with Gasteiger partial charge in [-0.25, -0.2) is 4.39 Å². The van der Waals surface area contributed by atoms with E-state index >= 15 is 0 Å². The average Bonchev–Trinajstić information content (AvgIpc) is 2.42. The number of hydrogen-bond acceptors (Lipinski definition) is 1. The van der Waals surface area contributed by atoms with Gasteiger partial charge in [-0.3, -0.25) is 0 Å². The molecule has 1 unspecified atom stereocenters. The molecule has 1 aliphatic carbocycles. The van der Waals surface area contributed by atoms with Crippen molar-refractivity contribution in [1.29, 1.82) is 0 Å². The molecule has 0 radical (unpaired) electrons. The van der Waals surface area contributed by atoms with Gasteiger partial charge in [0, 0.05) is 6.42 Å². The summed E-state index contributed by atoms with van der Waals surface area (Å²) in [5.41, 5.74) is 0.644. The lowest BCUT2D eigenvalue weighted by molar-refractivity contribution is 0.0721. The minimum Gasteiger partial charge on any atom is -0.392 e. The Balaban J connectivity index is 1.85. The third kappa shape index (κ3) is 4.04. The molecule has 0 heterocycles. The molecule has 1 nitrogen and oxygen atoms in total. The third-order valence-electron chi connectivity index (χ3n) is 4.52. The summed E-state index contributed by atoms with van der Waals surface area (Å²) in [6.07, 6.45) is 7.29. The maximum Gasteiger partial charge on any atom is 0.126 e. The first-order chi connectivity index (χ1) is 9.20. The topological polar surface area (TPSA) is 20.2 Å². The average molecular weight is 264 g/mol. The Bertz CT molecular complexity index is 383. The number of halogens is 1. The van der Waals surface area contributed by atoms with E-state index in [4.69, 9.17) is 0 Å². The molecule has 19 heavy (non-hydrogen) atoms. The van der Waals surface area contributed by atoms with Crippen LogP contribution >= 0.6 is 0 Å². The maximum atomic E-state index is 13.6. The smallest absolute Gasteiger partial charge is 0.126 e. The minimum absolute atomic E-state index is 0.193. The molecule has 1 aromatic rings. The van der Waals surface area contributed by atoms with Crippen molar-refractivity contribution in [2.24, 2.45) is 11.8 Å². The van der Waals surface area contributed by atoms with Crippen molar-refractivity contribution in [3.63, 3.8) is 0 Å². The second kappa shape index (κ2) is 7.04. The molecule has 1 aliphatic rings. The normalized spacial score (nSPS) is 25.2. The molecule has 0 bridgehead atoms. The van der Waals surface area contributed by atoms with Crippen molar-refractivity contribution in [2.45, 2.75) is 58.0 Å². The molecule has 0 aromatic heterocycles. The van der Waals surface area contributed by atoms with E-state index in [1.54, 1.807) is 12.1 Å². The zero-order valence-electron chi connectivity index (χ0n) is 11.8. The summed E-state index contributed by atoms with van der Waals surface area (Å²) in [7, 11) is 0. The monoisotopic (exact) mass is 264 g/mol. The van der Waals surface area contributed by atoms with Crippen LogP contribution in [0, 0.1) is 17.7 Å². The van der Waals surface area contributed by atoms with Crippen LogP contribution in [-0.4, -0.2) is 11.2 Å². The highest BCUT2D eigenvalue weighted by molar-refractivity contribution is 5.18. The molecule has 0 saturated heterocycles. The summed E-state index contributed by atoms with van der Waals surface area (Å²) in [6.45, 7) is 2.24. The molecule has 1 aromatic carbocycles. The fourth-order valence-corrected chi connectivity index (χ4v) is 3.33. The van der Waals surface area contributed by atoms with Gasteiger partial charge in [0.2, 0.25) is 0 Å². The fraction of sp³-hybridized carbons (Fsp3) is 0.647. The molecule has 0 amide bonds. The van der Waals surface area contributed by atoms with Gasteiger partial charge in [0.25, 0.3) is 0 Å². The number of aliphatic hydroxyl groups excluding tert-OH is 1. The lowest BCUT2D eigenvalue weighted by Crippen LogP contribution is -2.27. The van der Waals surface area contributed by atoms with E-state index < -0.39 is 0 Å². The highest BCUT2D eigenvalue weighted by atomic mass is 19.1. The summed E-state index contributed by atoms with van der Waals surface area (Å²) in [4.78, 5) is 0. The minimum atomic E-state index is -0.389. The van der Waals surface area contributed by atoms with Crippen LogP contribution in [0.2, 0.25) is 0 Å². The van der Waals surface area contributed by atoms with Gasteiger partial charge in [-0.15, -0.1) is 0 Å². The summed E-state index contributed by atoms with van der Waals surface area (Å²) >= 11 is 0. The van der Waals surface area contributed by atoms with Gasteiger partial charge in [-0.1, -0.05) is 50.8 Å². The predicted molar refractivity (Wildman–Crippen MR) is 76.5 cm³/mol. The molecule has 1 atom stereocenters. The zero-order valence-corrected chi connectivity index (χ0v) is 11.8. The van der Waals surface area contributed by atoms with Gasteiger partial charge in [0.05, 0.1) is 6.10 Å². The van der Waals surface area contributed by atoms with Gasteiger partial charge < -0.3 is 5.11 Å². The standard InChI is InChI=1S/C17H25FO/c1-2-5-13-8-10-14(11-9-13)17(19)12-15-6-3-4-7-16(15)18/h3-4,6-7,13-14,17,19H,2,5,8-12H2,1H3. The van der Waals surface area contributed by atoms with Crippen LogP contribution in [0.1, 0.15) is 51.0 Å². The Morgan fingerprint density at radius 2 is 1.89 bits per heavy atom. The molecule has 1 saturated carbocycles. The molecular formula is C17H25FO. The van der Waals surface area contributed by atoms with Crippen LogP contribution in [0.25, 0.3) is 0 Å². The Kier molecular flexibility index (Phi) is 5.38. The van der Waals surface area contributed by atoms with E-state index in [0.29, 0.717) is 17.9 Å². The van der Waals surface area contributed by atoms with E-state index in [1.165, 1.54) is 31.7 Å². The highest BCUT2D eigenvalue weighted by Crippen LogP contribution is 2.34. The number of benzene rings is 1. The van der Waals surface area contributed by atoms with E-state index in [2.05, 4.69) is 6.92 Å². The molecule has 1 N–H and O–H groups in total. The summed E-state index contributed by atoms with van der Waals surface area (Å²) in [6, 6.07) is 6.78. The highest BCUT2D eigenvalue weighted by Gasteiger charge is 2.26. The van der Waals surface area contributed by atoms with Crippen molar-refractivity contribution < 1.29 is 9.50 Å². The van der Waals surface area contributed by atoms with Gasteiger partial charge >= 0.3 is 0 Å². The zero-order chi connectivity index (χ0) is 13.7. The summed E-state index contributed by atoms with van der Waals surface area (Å²) in [5, 5.41) is 10.3. The molecule has 0 spiro atoms. The molecule has 2 rings (SSSR count). The summed E-state index contributed by atoms with van der Waals surface area (Å²) < 4.78 is 13.6. The van der Waals surface area contributed by atoms with Crippen LogP contribution in [0.15, 0.2) is 24.3 Å². The van der Waals surface area contributed by atoms with E-state index in [1.807, 2.05) is 6.07 Å². The largest absolute Gasteiger partial charge is 0.392 e. The van der Waals surface area contributed by atoms with E-state index in [9.17, 15) is 9.50 Å². The summed E-state index contributed by atoms with van der Waals surface area (Å²) in [5.74, 6) is 1.01. The molecular weight excluding hydrogens is 239 g/mol. The second-order valence-corrected chi connectivity index (χ2v) is 5.93. The Morgan fingerprint density at radius 3 is 2.53 bits per heavy atom. The second-order valence-electron chi connectivity index (χ2n) is 5.93. The van der Waals surface area contributed by atoms with Gasteiger partial charge in [0.1, 0.15) is 5.82 Å². The Labute approximate surface area is 115 Å². The van der Waals surface area contributed by atoms with Crippen molar-refractivity contribution >= 4 is 0 Å². The van der Waals surface area contributed by atoms with Gasteiger partial charge in [-0.2, -0.15) is 0 Å². The van der Waals surface area contributed by atoms with Crippen LogP contribution in [-0.2, 0) is 6.42 Å². The first kappa shape index (κ1) is 14.5. The van der Waals surface area contributed by atoms with Crippen LogP contribution in [0.4, 0.5) is 4.39 Å². The van der Waals surface area contributed by atoms with Gasteiger partial charge in [-0.05, 0) is 36.3 Å². The van der Waals surface area contributed by atoms with Crippen molar-refractivity contribution in [1.82, 2.24) is 0 Å². The lowest BCUT2D eigenvalue weighted by Gasteiger charge is -2.31. The molecule has 2 heteroatoms. The van der Waals surface area contributed by atoms with Gasteiger partial charge in [0.15, 0.2) is 0 Å². The van der Waals surface area contributed by atoms with Crippen molar-refractivity contribution in [3.8, 4) is 0 Å². The predicted octanol–water partition coefficient (Wildman–Crippen LogP) is 4.34. The number of rotatable bonds is 5. The first-order valence-electron chi connectivity index (χ1n) is 7.62. The quantitative estimate of drug-likeness (QED) is 0.839. The van der Waals surface area contributed by atoms with Crippen molar-refractivity contribution in [2.75, 3.05) is 0 Å². The third-order valence-corrected chi connectivity index (χ3v) is 4.52. The Morgan fingerprint density at radius 1 is 1.21 bits per heavy atom. The van der Waals surface area contributed by atoms with Crippen LogP contribution in [0.5, 0.6) is 0 Å². The van der Waals surface area contributed by atoms with E-state index in [0.717, 1.165) is 18.8 Å². The fourth-order valence-electron chi connectivity index (χ4n) is 3.33. The van der Waals surface area contributed by atoms with Crippen LogP contribution < -0.4 is 0 Å². The SMILES string of the molecule is CCCC1CCC(C(O)Cc2ccccc2F)CC1. The van der Waals surface area contributed by atoms with Crippen molar-refractivity contribution in [3.05, 3.63) is 35.6 Å². The van der Waals surface area contributed by atoms with E-state index in [-0.39, 0.29) is 11.9 Å². The molecule has 0 aliphatic heterocycles. The Hall–Kier alpha value is -0.890. The molecule has 1 fully saturated rings. The van der Waals surface area contributed by atoms with Crippen LogP contribution in [0.3, 0.4) is 0 Å². The number of hydrogen-bond donors (Lipinski definition) is 1. The lowest BCUT2D eigenvalue weighted by atomic mass is 9.77.